The first-order chi connectivity index (χ1) is 4.83. The zero-order chi connectivity index (χ0) is 9.07. The zero-order valence-electron chi connectivity index (χ0n) is 7.96. The molecule has 0 aliphatic carbocycles. The fraction of sp³-hybridized carbons (Fsp3) is 1.00. The van der Waals surface area contributed by atoms with Crippen molar-refractivity contribution in [2.45, 2.75) is 46.3 Å². The maximum absolute atomic E-state index is 9.41. The Morgan fingerprint density at radius 3 is 1.36 bits per heavy atom. The van der Waals surface area contributed by atoms with Crippen LogP contribution in [0.4, 0.5) is 0 Å². The molecule has 2 heteroatoms. The molecule has 0 atom stereocenters. The van der Waals surface area contributed by atoms with Crippen LogP contribution < -0.4 is 0 Å². The molecule has 0 aromatic carbocycles. The van der Waals surface area contributed by atoms with Crippen molar-refractivity contribution in [2.75, 3.05) is 0 Å². The molecule has 0 amide bonds. The summed E-state index contributed by atoms with van der Waals surface area (Å²) in [5.41, 5.74) is 0. The Hall–Kier alpha value is -0.0800. The van der Waals surface area contributed by atoms with Gasteiger partial charge in [-0.1, -0.05) is 27.7 Å². The van der Waals surface area contributed by atoms with Gasteiger partial charge in [-0.05, 0) is 11.8 Å². The van der Waals surface area contributed by atoms with Gasteiger partial charge in [-0.25, -0.2) is 0 Å². The molecule has 0 aromatic heterocycles. The average Bonchev–Trinajstić information content (AvgIpc) is 1.53. The van der Waals surface area contributed by atoms with Crippen LogP contribution in [0, 0.1) is 11.8 Å². The SMILES string of the molecule is CC(C)CC(O)(O)CC(C)C. The van der Waals surface area contributed by atoms with Gasteiger partial charge < -0.3 is 10.2 Å². The Bertz CT molecular complexity index is 94.1. The van der Waals surface area contributed by atoms with E-state index < -0.39 is 5.79 Å². The summed E-state index contributed by atoms with van der Waals surface area (Å²) in [7, 11) is 0. The van der Waals surface area contributed by atoms with Gasteiger partial charge in [0.2, 0.25) is 0 Å². The van der Waals surface area contributed by atoms with Crippen molar-refractivity contribution in [3.05, 3.63) is 0 Å². The quantitative estimate of drug-likeness (QED) is 0.615. The molecule has 11 heavy (non-hydrogen) atoms. The van der Waals surface area contributed by atoms with Gasteiger partial charge in [0.25, 0.3) is 0 Å². The molecule has 0 rings (SSSR count). The lowest BCUT2D eigenvalue weighted by atomic mass is 9.95. The van der Waals surface area contributed by atoms with Crippen LogP contribution in [0.2, 0.25) is 0 Å². The van der Waals surface area contributed by atoms with E-state index >= 15 is 0 Å². The average molecular weight is 160 g/mol. The van der Waals surface area contributed by atoms with Gasteiger partial charge in [-0.3, -0.25) is 0 Å². The predicted octanol–water partition coefficient (Wildman–Crippen LogP) is 1.76. The maximum atomic E-state index is 9.41. The molecule has 68 valence electrons. The molecule has 0 aliphatic rings. The highest BCUT2D eigenvalue weighted by Gasteiger charge is 2.24. The van der Waals surface area contributed by atoms with E-state index in [9.17, 15) is 10.2 Å². The van der Waals surface area contributed by atoms with Crippen molar-refractivity contribution in [2.24, 2.45) is 11.8 Å². The van der Waals surface area contributed by atoms with Gasteiger partial charge in [0.15, 0.2) is 5.79 Å². The lowest BCUT2D eigenvalue weighted by molar-refractivity contribution is -0.182. The summed E-state index contributed by atoms with van der Waals surface area (Å²) >= 11 is 0. The summed E-state index contributed by atoms with van der Waals surface area (Å²) in [6.07, 6.45) is 0.927. The van der Waals surface area contributed by atoms with E-state index in [2.05, 4.69) is 0 Å². The Morgan fingerprint density at radius 2 is 1.18 bits per heavy atom. The van der Waals surface area contributed by atoms with Crippen LogP contribution in [0.25, 0.3) is 0 Å². The molecule has 0 unspecified atom stereocenters. The minimum absolute atomic E-state index is 0.337. The second kappa shape index (κ2) is 4.07. The van der Waals surface area contributed by atoms with E-state index in [4.69, 9.17) is 0 Å². The number of aliphatic hydroxyl groups is 2. The van der Waals surface area contributed by atoms with Crippen LogP contribution in [-0.4, -0.2) is 16.0 Å². The van der Waals surface area contributed by atoms with Crippen LogP contribution in [0.3, 0.4) is 0 Å². The Kier molecular flexibility index (Phi) is 4.04. The maximum Gasteiger partial charge on any atom is 0.162 e. The minimum atomic E-state index is -1.46. The summed E-state index contributed by atoms with van der Waals surface area (Å²) in [6, 6.07) is 0. The Morgan fingerprint density at radius 1 is 0.909 bits per heavy atom. The summed E-state index contributed by atoms with van der Waals surface area (Å²) in [5, 5.41) is 18.8. The molecule has 2 nitrogen and oxygen atoms in total. The van der Waals surface area contributed by atoms with Crippen LogP contribution in [-0.2, 0) is 0 Å². The summed E-state index contributed by atoms with van der Waals surface area (Å²) in [4.78, 5) is 0. The number of hydrogen-bond donors (Lipinski definition) is 2. The van der Waals surface area contributed by atoms with Crippen LogP contribution >= 0.6 is 0 Å². The molecular weight excluding hydrogens is 140 g/mol. The third-order valence-electron chi connectivity index (χ3n) is 1.47. The molecular formula is C9H20O2. The molecule has 0 heterocycles. The predicted molar refractivity (Wildman–Crippen MR) is 46.1 cm³/mol. The second-order valence-electron chi connectivity index (χ2n) is 4.18. The first kappa shape index (κ1) is 10.9. The number of hydrogen-bond acceptors (Lipinski definition) is 2. The van der Waals surface area contributed by atoms with Crippen molar-refractivity contribution >= 4 is 0 Å². The first-order valence-electron chi connectivity index (χ1n) is 4.28. The largest absolute Gasteiger partial charge is 0.366 e. The summed E-state index contributed by atoms with van der Waals surface area (Å²) < 4.78 is 0. The zero-order valence-corrected chi connectivity index (χ0v) is 7.96. The van der Waals surface area contributed by atoms with Crippen LogP contribution in [0.15, 0.2) is 0 Å². The molecule has 0 aliphatic heterocycles. The van der Waals surface area contributed by atoms with Gasteiger partial charge in [0.05, 0.1) is 0 Å². The monoisotopic (exact) mass is 160 g/mol. The fourth-order valence-corrected chi connectivity index (χ4v) is 1.39. The number of rotatable bonds is 4. The van der Waals surface area contributed by atoms with E-state index in [0.29, 0.717) is 24.7 Å². The molecule has 0 saturated carbocycles. The van der Waals surface area contributed by atoms with E-state index in [0.717, 1.165) is 0 Å². The molecule has 0 radical (unpaired) electrons. The standard InChI is InChI=1S/C9H20O2/c1-7(2)5-9(10,11)6-8(3)4/h7-8,10-11H,5-6H2,1-4H3. The summed E-state index contributed by atoms with van der Waals surface area (Å²) in [6.45, 7) is 7.95. The molecule has 0 spiro atoms. The van der Waals surface area contributed by atoms with Gasteiger partial charge in [-0.15, -0.1) is 0 Å². The minimum Gasteiger partial charge on any atom is -0.366 e. The third kappa shape index (κ3) is 6.32. The van der Waals surface area contributed by atoms with E-state index in [1.54, 1.807) is 0 Å². The lowest BCUT2D eigenvalue weighted by Gasteiger charge is -2.25. The fourth-order valence-electron chi connectivity index (χ4n) is 1.39. The van der Waals surface area contributed by atoms with Gasteiger partial charge in [0, 0.05) is 12.8 Å². The third-order valence-corrected chi connectivity index (χ3v) is 1.47. The van der Waals surface area contributed by atoms with Gasteiger partial charge >= 0.3 is 0 Å². The Balaban J connectivity index is 3.79. The highest BCUT2D eigenvalue weighted by molar-refractivity contribution is 4.68. The topological polar surface area (TPSA) is 40.5 Å². The normalized spacial score (nSPS) is 13.1. The van der Waals surface area contributed by atoms with Crippen molar-refractivity contribution in [1.82, 2.24) is 0 Å². The first-order valence-corrected chi connectivity index (χ1v) is 4.28. The van der Waals surface area contributed by atoms with Crippen molar-refractivity contribution in [3.8, 4) is 0 Å². The molecule has 0 aromatic rings. The molecule has 0 saturated heterocycles. The smallest absolute Gasteiger partial charge is 0.162 e. The van der Waals surface area contributed by atoms with Gasteiger partial charge in [-0.2, -0.15) is 0 Å². The van der Waals surface area contributed by atoms with Crippen molar-refractivity contribution in [1.29, 1.82) is 0 Å². The highest BCUT2D eigenvalue weighted by atomic mass is 16.5. The molecule has 2 N–H and O–H groups in total. The van der Waals surface area contributed by atoms with E-state index in [1.807, 2.05) is 27.7 Å². The lowest BCUT2D eigenvalue weighted by Crippen LogP contribution is -2.31. The van der Waals surface area contributed by atoms with E-state index in [-0.39, 0.29) is 0 Å². The molecule has 0 bridgehead atoms. The molecule has 0 fully saturated rings. The summed E-state index contributed by atoms with van der Waals surface area (Å²) in [5.74, 6) is -0.782. The van der Waals surface area contributed by atoms with Crippen molar-refractivity contribution in [3.63, 3.8) is 0 Å². The van der Waals surface area contributed by atoms with E-state index in [1.165, 1.54) is 0 Å². The second-order valence-corrected chi connectivity index (χ2v) is 4.18. The Labute approximate surface area is 69.2 Å². The van der Waals surface area contributed by atoms with Crippen LogP contribution in [0.1, 0.15) is 40.5 Å². The van der Waals surface area contributed by atoms with Crippen LogP contribution in [0.5, 0.6) is 0 Å². The van der Waals surface area contributed by atoms with Gasteiger partial charge in [0.1, 0.15) is 0 Å². The highest BCUT2D eigenvalue weighted by Crippen LogP contribution is 2.21. The van der Waals surface area contributed by atoms with Crippen molar-refractivity contribution < 1.29 is 10.2 Å².